The van der Waals surface area contributed by atoms with Crippen molar-refractivity contribution in [3.05, 3.63) is 0 Å². The van der Waals surface area contributed by atoms with Crippen LogP contribution in [-0.2, 0) is 9.53 Å². The number of hydrogen-bond donors (Lipinski definition) is 2. The van der Waals surface area contributed by atoms with Gasteiger partial charge in [0.15, 0.2) is 0 Å². The minimum absolute atomic E-state index is 0.170. The molecule has 0 aromatic carbocycles. The molecule has 2 atom stereocenters. The Hall–Kier alpha value is -0.610. The lowest BCUT2D eigenvalue weighted by molar-refractivity contribution is -0.128. The fourth-order valence-corrected chi connectivity index (χ4v) is 2.65. The van der Waals surface area contributed by atoms with Gasteiger partial charge in [0.05, 0.1) is 0 Å². The SMILES string of the molecule is NC1CCC(CNC(=O)C2CCOCC2)C1. The highest BCUT2D eigenvalue weighted by Crippen LogP contribution is 2.23. The number of carbonyl (C=O) groups is 1. The van der Waals surface area contributed by atoms with E-state index in [4.69, 9.17) is 10.5 Å². The van der Waals surface area contributed by atoms with E-state index in [-0.39, 0.29) is 11.8 Å². The second-order valence-corrected chi connectivity index (χ2v) is 5.07. The molecule has 16 heavy (non-hydrogen) atoms. The quantitative estimate of drug-likeness (QED) is 0.743. The minimum Gasteiger partial charge on any atom is -0.381 e. The van der Waals surface area contributed by atoms with Crippen molar-refractivity contribution < 1.29 is 9.53 Å². The first-order chi connectivity index (χ1) is 7.75. The molecule has 3 N–H and O–H groups in total. The molecule has 1 aliphatic carbocycles. The molecule has 4 heteroatoms. The molecule has 1 aliphatic heterocycles. The summed E-state index contributed by atoms with van der Waals surface area (Å²) in [4.78, 5) is 11.8. The molecule has 0 radical (unpaired) electrons. The van der Waals surface area contributed by atoms with E-state index in [9.17, 15) is 4.79 Å². The highest BCUT2D eigenvalue weighted by Gasteiger charge is 2.25. The van der Waals surface area contributed by atoms with E-state index in [1.807, 2.05) is 0 Å². The molecule has 0 aromatic rings. The van der Waals surface area contributed by atoms with Crippen LogP contribution in [0.4, 0.5) is 0 Å². The highest BCUT2D eigenvalue weighted by molar-refractivity contribution is 5.78. The van der Waals surface area contributed by atoms with Gasteiger partial charge in [0, 0.05) is 31.7 Å². The second kappa shape index (κ2) is 5.64. The molecule has 0 aromatic heterocycles. The van der Waals surface area contributed by atoms with Gasteiger partial charge in [0.1, 0.15) is 0 Å². The van der Waals surface area contributed by atoms with Crippen LogP contribution < -0.4 is 11.1 Å². The smallest absolute Gasteiger partial charge is 0.223 e. The van der Waals surface area contributed by atoms with Crippen LogP contribution in [0.5, 0.6) is 0 Å². The van der Waals surface area contributed by atoms with Crippen LogP contribution in [0.25, 0.3) is 0 Å². The summed E-state index contributed by atoms with van der Waals surface area (Å²) in [6, 6.07) is 0.352. The summed E-state index contributed by atoms with van der Waals surface area (Å²) in [6.07, 6.45) is 5.08. The predicted octanol–water partition coefficient (Wildman–Crippen LogP) is 0.657. The number of rotatable bonds is 3. The number of amides is 1. The van der Waals surface area contributed by atoms with Crippen LogP contribution >= 0.6 is 0 Å². The molecule has 0 spiro atoms. The molecule has 92 valence electrons. The first kappa shape index (κ1) is 11.9. The Labute approximate surface area is 96.9 Å². The molecule has 2 rings (SSSR count). The number of nitrogens with one attached hydrogen (secondary N) is 1. The topological polar surface area (TPSA) is 64.3 Å². The summed E-state index contributed by atoms with van der Waals surface area (Å²) in [5.74, 6) is 0.978. The summed E-state index contributed by atoms with van der Waals surface area (Å²) in [5, 5.41) is 3.06. The monoisotopic (exact) mass is 226 g/mol. The average molecular weight is 226 g/mol. The predicted molar refractivity (Wildman–Crippen MR) is 61.9 cm³/mol. The van der Waals surface area contributed by atoms with Crippen LogP contribution in [0.1, 0.15) is 32.1 Å². The van der Waals surface area contributed by atoms with E-state index in [0.29, 0.717) is 12.0 Å². The zero-order chi connectivity index (χ0) is 11.4. The lowest BCUT2D eigenvalue weighted by atomic mass is 9.99. The third kappa shape index (κ3) is 3.19. The van der Waals surface area contributed by atoms with Crippen molar-refractivity contribution in [2.24, 2.45) is 17.6 Å². The van der Waals surface area contributed by atoms with Gasteiger partial charge in [-0.05, 0) is 38.0 Å². The summed E-state index contributed by atoms with van der Waals surface area (Å²) in [6.45, 7) is 2.27. The second-order valence-electron chi connectivity index (χ2n) is 5.07. The van der Waals surface area contributed by atoms with Crippen molar-refractivity contribution in [2.75, 3.05) is 19.8 Å². The standard InChI is InChI=1S/C12H22N2O2/c13-11-2-1-9(7-11)8-14-12(15)10-3-5-16-6-4-10/h9-11H,1-8,13H2,(H,14,15). The Morgan fingerprint density at radius 1 is 1.25 bits per heavy atom. The van der Waals surface area contributed by atoms with Gasteiger partial charge in [0.2, 0.25) is 5.91 Å². The van der Waals surface area contributed by atoms with Gasteiger partial charge in [-0.3, -0.25) is 4.79 Å². The van der Waals surface area contributed by atoms with E-state index in [0.717, 1.165) is 51.9 Å². The van der Waals surface area contributed by atoms with Gasteiger partial charge in [-0.1, -0.05) is 0 Å². The first-order valence-corrected chi connectivity index (χ1v) is 6.36. The first-order valence-electron chi connectivity index (χ1n) is 6.36. The van der Waals surface area contributed by atoms with Crippen molar-refractivity contribution in [3.63, 3.8) is 0 Å². The van der Waals surface area contributed by atoms with Gasteiger partial charge in [-0.15, -0.1) is 0 Å². The van der Waals surface area contributed by atoms with Crippen molar-refractivity contribution in [1.29, 1.82) is 0 Å². The Kier molecular flexibility index (Phi) is 4.18. The Bertz CT molecular complexity index is 239. The zero-order valence-electron chi connectivity index (χ0n) is 9.78. The molecule has 1 saturated carbocycles. The van der Waals surface area contributed by atoms with Crippen LogP contribution in [0.2, 0.25) is 0 Å². The fourth-order valence-electron chi connectivity index (χ4n) is 2.65. The van der Waals surface area contributed by atoms with E-state index in [1.54, 1.807) is 0 Å². The summed E-state index contributed by atoms with van der Waals surface area (Å²) in [5.41, 5.74) is 5.85. The maximum Gasteiger partial charge on any atom is 0.223 e. The van der Waals surface area contributed by atoms with Gasteiger partial charge in [0.25, 0.3) is 0 Å². The maximum atomic E-state index is 11.8. The number of carbonyl (C=O) groups excluding carboxylic acids is 1. The fraction of sp³-hybridized carbons (Fsp3) is 0.917. The molecule has 4 nitrogen and oxygen atoms in total. The molecular formula is C12H22N2O2. The lowest BCUT2D eigenvalue weighted by Gasteiger charge is -2.22. The Morgan fingerprint density at radius 3 is 2.62 bits per heavy atom. The van der Waals surface area contributed by atoms with Gasteiger partial charge in [-0.2, -0.15) is 0 Å². The van der Waals surface area contributed by atoms with E-state index >= 15 is 0 Å². The van der Waals surface area contributed by atoms with Crippen molar-refractivity contribution in [3.8, 4) is 0 Å². The molecule has 2 unspecified atom stereocenters. The van der Waals surface area contributed by atoms with Gasteiger partial charge < -0.3 is 15.8 Å². The molecular weight excluding hydrogens is 204 g/mol. The zero-order valence-corrected chi connectivity index (χ0v) is 9.78. The Morgan fingerprint density at radius 2 is 2.00 bits per heavy atom. The van der Waals surface area contributed by atoms with E-state index in [2.05, 4.69) is 5.32 Å². The minimum atomic E-state index is 0.170. The maximum absolute atomic E-state index is 11.8. The average Bonchev–Trinajstić information content (AvgIpc) is 2.73. The third-order valence-corrected chi connectivity index (χ3v) is 3.74. The van der Waals surface area contributed by atoms with Crippen LogP contribution in [-0.4, -0.2) is 31.7 Å². The van der Waals surface area contributed by atoms with Crippen molar-refractivity contribution in [2.45, 2.75) is 38.1 Å². The Balaban J connectivity index is 1.66. The van der Waals surface area contributed by atoms with E-state index < -0.39 is 0 Å². The number of nitrogens with two attached hydrogens (primary N) is 1. The molecule has 0 bridgehead atoms. The largest absolute Gasteiger partial charge is 0.381 e. The molecule has 1 saturated heterocycles. The molecule has 1 amide bonds. The van der Waals surface area contributed by atoms with Crippen LogP contribution in [0.15, 0.2) is 0 Å². The summed E-state index contributed by atoms with van der Waals surface area (Å²) in [7, 11) is 0. The number of ether oxygens (including phenoxy) is 1. The third-order valence-electron chi connectivity index (χ3n) is 3.74. The van der Waals surface area contributed by atoms with Crippen molar-refractivity contribution >= 4 is 5.91 Å². The van der Waals surface area contributed by atoms with E-state index in [1.165, 1.54) is 0 Å². The summed E-state index contributed by atoms with van der Waals surface area (Å²) >= 11 is 0. The lowest BCUT2D eigenvalue weighted by Crippen LogP contribution is -2.36. The summed E-state index contributed by atoms with van der Waals surface area (Å²) < 4.78 is 5.25. The van der Waals surface area contributed by atoms with Crippen molar-refractivity contribution in [1.82, 2.24) is 5.32 Å². The normalized spacial score (nSPS) is 31.6. The van der Waals surface area contributed by atoms with Gasteiger partial charge >= 0.3 is 0 Å². The van der Waals surface area contributed by atoms with Gasteiger partial charge in [-0.25, -0.2) is 0 Å². The number of hydrogen-bond acceptors (Lipinski definition) is 3. The highest BCUT2D eigenvalue weighted by atomic mass is 16.5. The molecule has 2 aliphatic rings. The van der Waals surface area contributed by atoms with Crippen LogP contribution in [0.3, 0.4) is 0 Å². The molecule has 1 heterocycles. The van der Waals surface area contributed by atoms with Crippen LogP contribution in [0, 0.1) is 11.8 Å². The molecule has 2 fully saturated rings.